The average Bonchev–Trinajstić information content (AvgIpc) is 2.30. The lowest BCUT2D eigenvalue weighted by molar-refractivity contribution is 0.597. The van der Waals surface area contributed by atoms with Crippen LogP contribution in [0, 0.1) is 0 Å². The van der Waals surface area contributed by atoms with Gasteiger partial charge in [-0.3, -0.25) is 4.98 Å². The van der Waals surface area contributed by atoms with Gasteiger partial charge in [0.05, 0.1) is 0 Å². The first-order valence-corrected chi connectivity index (χ1v) is 7.28. The van der Waals surface area contributed by atoms with Gasteiger partial charge in [0, 0.05) is 23.1 Å². The van der Waals surface area contributed by atoms with Gasteiger partial charge in [0.2, 0.25) is 0 Å². The Bertz CT molecular complexity index is 261. The molecule has 0 aliphatic heterocycles. The highest BCUT2D eigenvalue weighted by Gasteiger charge is 2.05. The average molecular weight is 284 g/mol. The highest BCUT2D eigenvalue weighted by molar-refractivity contribution is 9.09. The van der Waals surface area contributed by atoms with Crippen molar-refractivity contribution in [1.82, 2.24) is 4.98 Å². The van der Waals surface area contributed by atoms with Crippen molar-refractivity contribution in [2.75, 3.05) is 0 Å². The summed E-state index contributed by atoms with van der Waals surface area (Å²) in [7, 11) is 0. The lowest BCUT2D eigenvalue weighted by atomic mass is 10.1. The Labute approximate surface area is 108 Å². The van der Waals surface area contributed by atoms with Crippen LogP contribution in [0.3, 0.4) is 0 Å². The molecule has 2 heteroatoms. The van der Waals surface area contributed by atoms with E-state index in [-0.39, 0.29) is 0 Å². The molecule has 1 heterocycles. The van der Waals surface area contributed by atoms with Crippen molar-refractivity contribution >= 4 is 15.9 Å². The number of nitrogens with zero attached hydrogens (tertiary/aromatic N) is 1. The molecular weight excluding hydrogens is 262 g/mol. The fraction of sp³-hybridized carbons (Fsp3) is 0.643. The van der Waals surface area contributed by atoms with Crippen LogP contribution >= 0.6 is 15.9 Å². The smallest absolute Gasteiger partial charge is 0.0414 e. The lowest BCUT2D eigenvalue weighted by Crippen LogP contribution is -2.04. The van der Waals surface area contributed by atoms with E-state index in [4.69, 9.17) is 0 Å². The summed E-state index contributed by atoms with van der Waals surface area (Å²) in [5.74, 6) is 0. The van der Waals surface area contributed by atoms with E-state index >= 15 is 0 Å². The number of rotatable bonds is 8. The third kappa shape index (κ3) is 6.26. The van der Waals surface area contributed by atoms with Crippen LogP contribution in [0.25, 0.3) is 0 Å². The van der Waals surface area contributed by atoms with Crippen LogP contribution in [-0.4, -0.2) is 9.81 Å². The van der Waals surface area contributed by atoms with E-state index in [1.807, 2.05) is 12.3 Å². The van der Waals surface area contributed by atoms with Crippen LogP contribution in [0.4, 0.5) is 0 Å². The zero-order valence-electron chi connectivity index (χ0n) is 10.2. The summed E-state index contributed by atoms with van der Waals surface area (Å²) < 4.78 is 0. The normalized spacial score (nSPS) is 12.6. The molecule has 0 spiro atoms. The molecule has 0 amide bonds. The van der Waals surface area contributed by atoms with Crippen molar-refractivity contribution in [2.24, 2.45) is 0 Å². The summed E-state index contributed by atoms with van der Waals surface area (Å²) >= 11 is 3.74. The number of alkyl halides is 1. The van der Waals surface area contributed by atoms with E-state index in [1.54, 1.807) is 0 Å². The monoisotopic (exact) mass is 283 g/mol. The molecule has 1 atom stereocenters. The molecule has 0 aromatic carbocycles. The first-order valence-electron chi connectivity index (χ1n) is 6.37. The van der Waals surface area contributed by atoms with Gasteiger partial charge in [-0.1, -0.05) is 61.0 Å². The van der Waals surface area contributed by atoms with Gasteiger partial charge in [-0.15, -0.1) is 0 Å². The Morgan fingerprint density at radius 2 is 2.00 bits per heavy atom. The number of pyridine rings is 1. The summed E-state index contributed by atoms with van der Waals surface area (Å²) in [6.07, 6.45) is 11.0. The topological polar surface area (TPSA) is 12.9 Å². The lowest BCUT2D eigenvalue weighted by Gasteiger charge is -2.08. The second-order valence-corrected chi connectivity index (χ2v) is 5.62. The van der Waals surface area contributed by atoms with Crippen molar-refractivity contribution in [3.63, 3.8) is 0 Å². The van der Waals surface area contributed by atoms with Crippen molar-refractivity contribution in [3.8, 4) is 0 Å². The van der Waals surface area contributed by atoms with Crippen LogP contribution in [0.2, 0.25) is 0 Å². The molecule has 1 unspecified atom stereocenters. The predicted molar refractivity (Wildman–Crippen MR) is 74.0 cm³/mol. The van der Waals surface area contributed by atoms with Gasteiger partial charge in [-0.2, -0.15) is 0 Å². The zero-order chi connectivity index (χ0) is 11.6. The molecule has 0 aliphatic carbocycles. The molecule has 0 bridgehead atoms. The van der Waals surface area contributed by atoms with Gasteiger partial charge in [0.15, 0.2) is 0 Å². The third-order valence-corrected chi connectivity index (χ3v) is 3.56. The van der Waals surface area contributed by atoms with E-state index in [0.29, 0.717) is 4.83 Å². The van der Waals surface area contributed by atoms with Crippen molar-refractivity contribution in [3.05, 3.63) is 30.1 Å². The maximum Gasteiger partial charge on any atom is 0.0414 e. The van der Waals surface area contributed by atoms with Crippen LogP contribution in [0.5, 0.6) is 0 Å². The van der Waals surface area contributed by atoms with Gasteiger partial charge in [0.1, 0.15) is 0 Å². The number of hydrogen-bond donors (Lipinski definition) is 0. The van der Waals surface area contributed by atoms with Gasteiger partial charge >= 0.3 is 0 Å². The molecule has 0 saturated heterocycles. The standard InChI is InChI=1S/C14H22BrN/c1-2-3-4-5-6-9-13(15)12-14-10-7-8-11-16-14/h7-8,10-11,13H,2-6,9,12H2,1H3. The van der Waals surface area contributed by atoms with E-state index < -0.39 is 0 Å². The Morgan fingerprint density at radius 1 is 1.19 bits per heavy atom. The molecule has 0 fully saturated rings. The highest BCUT2D eigenvalue weighted by atomic mass is 79.9. The van der Waals surface area contributed by atoms with Crippen LogP contribution in [0.1, 0.15) is 51.1 Å². The minimum Gasteiger partial charge on any atom is -0.261 e. The maximum absolute atomic E-state index is 4.35. The molecule has 16 heavy (non-hydrogen) atoms. The summed E-state index contributed by atoms with van der Waals surface area (Å²) in [5, 5.41) is 0. The summed E-state index contributed by atoms with van der Waals surface area (Å²) in [6.45, 7) is 2.26. The third-order valence-electron chi connectivity index (χ3n) is 2.78. The number of unbranched alkanes of at least 4 members (excludes halogenated alkanes) is 4. The summed E-state index contributed by atoms with van der Waals surface area (Å²) in [5.41, 5.74) is 1.19. The molecule has 1 aromatic rings. The number of aromatic nitrogens is 1. The zero-order valence-corrected chi connectivity index (χ0v) is 11.7. The number of hydrogen-bond acceptors (Lipinski definition) is 1. The second-order valence-electron chi connectivity index (χ2n) is 4.33. The maximum atomic E-state index is 4.35. The van der Waals surface area contributed by atoms with E-state index in [9.17, 15) is 0 Å². The van der Waals surface area contributed by atoms with Gasteiger partial charge in [-0.25, -0.2) is 0 Å². The molecule has 0 saturated carbocycles. The molecule has 1 aromatic heterocycles. The largest absolute Gasteiger partial charge is 0.261 e. The van der Waals surface area contributed by atoms with Crippen molar-refractivity contribution in [1.29, 1.82) is 0 Å². The fourth-order valence-corrected chi connectivity index (χ4v) is 2.47. The first kappa shape index (κ1) is 13.7. The molecule has 0 aliphatic rings. The molecule has 1 rings (SSSR count). The molecule has 1 nitrogen and oxygen atoms in total. The van der Waals surface area contributed by atoms with Gasteiger partial charge < -0.3 is 0 Å². The molecule has 0 radical (unpaired) electrons. The predicted octanol–water partition coefficient (Wildman–Crippen LogP) is 4.75. The van der Waals surface area contributed by atoms with Crippen LogP contribution in [-0.2, 0) is 6.42 Å². The quantitative estimate of drug-likeness (QED) is 0.496. The SMILES string of the molecule is CCCCCCCC(Br)Cc1ccccn1. The molecule has 90 valence electrons. The second kappa shape index (κ2) is 8.74. The minimum atomic E-state index is 0.587. The summed E-state index contributed by atoms with van der Waals surface area (Å²) in [4.78, 5) is 4.93. The summed E-state index contributed by atoms with van der Waals surface area (Å²) in [6, 6.07) is 6.13. The Balaban J connectivity index is 2.09. The molecular formula is C14H22BrN. The Morgan fingerprint density at radius 3 is 2.69 bits per heavy atom. The van der Waals surface area contributed by atoms with Crippen molar-refractivity contribution < 1.29 is 0 Å². The van der Waals surface area contributed by atoms with Crippen LogP contribution < -0.4 is 0 Å². The highest BCUT2D eigenvalue weighted by Crippen LogP contribution is 2.16. The van der Waals surface area contributed by atoms with Crippen molar-refractivity contribution in [2.45, 2.75) is 56.7 Å². The Kier molecular flexibility index (Phi) is 7.48. The Hall–Kier alpha value is -0.370. The fourth-order valence-electron chi connectivity index (χ4n) is 1.82. The van der Waals surface area contributed by atoms with E-state index in [1.165, 1.54) is 44.2 Å². The minimum absolute atomic E-state index is 0.587. The van der Waals surface area contributed by atoms with E-state index in [2.05, 4.69) is 40.0 Å². The number of halogens is 1. The van der Waals surface area contributed by atoms with Crippen LogP contribution in [0.15, 0.2) is 24.4 Å². The van der Waals surface area contributed by atoms with Gasteiger partial charge in [0.25, 0.3) is 0 Å². The first-order chi connectivity index (χ1) is 7.83. The van der Waals surface area contributed by atoms with E-state index in [0.717, 1.165) is 6.42 Å². The molecule has 0 N–H and O–H groups in total. The van der Waals surface area contributed by atoms with Gasteiger partial charge in [-0.05, 0) is 18.6 Å².